The molecule has 1 unspecified atom stereocenters. The minimum Gasteiger partial charge on any atom is -0.375 e. The van der Waals surface area contributed by atoms with E-state index < -0.39 is 0 Å². The average Bonchev–Trinajstić information content (AvgIpc) is 2.41. The Morgan fingerprint density at radius 3 is 2.53 bits per heavy atom. The molecule has 0 aliphatic rings. The molecule has 2 N–H and O–H groups in total. The molecule has 0 saturated heterocycles. The van der Waals surface area contributed by atoms with Gasteiger partial charge in [0.1, 0.15) is 6.33 Å². The normalized spacial score (nSPS) is 12.3. The van der Waals surface area contributed by atoms with Gasteiger partial charge in [-0.25, -0.2) is 9.97 Å². The Morgan fingerprint density at radius 1 is 1.12 bits per heavy atom. The molecule has 0 aliphatic heterocycles. The minimum atomic E-state index is -0.181. The van der Waals surface area contributed by atoms with E-state index in [1.165, 1.54) is 6.33 Å². The lowest BCUT2D eigenvalue weighted by Gasteiger charge is -2.11. The van der Waals surface area contributed by atoms with Crippen molar-refractivity contribution in [2.24, 2.45) is 5.73 Å². The van der Waals surface area contributed by atoms with E-state index in [0.29, 0.717) is 13.2 Å². The molecule has 0 bridgehead atoms. The van der Waals surface area contributed by atoms with Gasteiger partial charge in [-0.2, -0.15) is 0 Å². The summed E-state index contributed by atoms with van der Waals surface area (Å²) < 4.78 is 5.56. The molecule has 1 heterocycles. The summed E-state index contributed by atoms with van der Waals surface area (Å²) in [5, 5.41) is 0. The molecule has 88 valence electrons. The Kier molecular flexibility index (Phi) is 4.18. The van der Waals surface area contributed by atoms with Gasteiger partial charge in [0.05, 0.1) is 19.3 Å². The quantitative estimate of drug-likeness (QED) is 0.847. The Labute approximate surface area is 100 Å². The summed E-state index contributed by atoms with van der Waals surface area (Å²) in [6, 6.07) is 9.83. The van der Waals surface area contributed by atoms with Crippen molar-refractivity contribution >= 4 is 0 Å². The highest BCUT2D eigenvalue weighted by Crippen LogP contribution is 2.08. The molecule has 1 aromatic heterocycles. The topological polar surface area (TPSA) is 61.0 Å². The van der Waals surface area contributed by atoms with Crippen molar-refractivity contribution in [2.75, 3.05) is 6.61 Å². The molecule has 4 nitrogen and oxygen atoms in total. The molecule has 4 heteroatoms. The van der Waals surface area contributed by atoms with Crippen molar-refractivity contribution in [1.29, 1.82) is 0 Å². The number of aromatic nitrogens is 2. The summed E-state index contributed by atoms with van der Waals surface area (Å²) in [7, 11) is 0. The van der Waals surface area contributed by atoms with E-state index in [9.17, 15) is 0 Å². The monoisotopic (exact) mass is 229 g/mol. The van der Waals surface area contributed by atoms with E-state index in [1.54, 1.807) is 12.4 Å². The molecule has 0 amide bonds. The van der Waals surface area contributed by atoms with Crippen LogP contribution in [-0.2, 0) is 11.3 Å². The van der Waals surface area contributed by atoms with Gasteiger partial charge in [-0.05, 0) is 5.56 Å². The van der Waals surface area contributed by atoms with Gasteiger partial charge >= 0.3 is 0 Å². The maximum absolute atomic E-state index is 5.95. The number of ether oxygens (including phenoxy) is 1. The number of nitrogens with two attached hydrogens (primary N) is 1. The van der Waals surface area contributed by atoms with E-state index in [0.717, 1.165) is 11.1 Å². The summed E-state index contributed by atoms with van der Waals surface area (Å²) in [5.41, 5.74) is 7.99. The van der Waals surface area contributed by atoms with Crippen LogP contribution >= 0.6 is 0 Å². The third-order valence-electron chi connectivity index (χ3n) is 2.42. The standard InChI is InChI=1S/C13H15N3O/c14-13(12-6-15-10-16-7-12)9-17-8-11-4-2-1-3-5-11/h1-7,10,13H,8-9,14H2. The third-order valence-corrected chi connectivity index (χ3v) is 2.42. The fourth-order valence-corrected chi connectivity index (χ4v) is 1.48. The molecule has 0 saturated carbocycles. The molecule has 0 radical (unpaired) electrons. The van der Waals surface area contributed by atoms with E-state index in [1.807, 2.05) is 30.3 Å². The Hall–Kier alpha value is -1.78. The second-order valence-electron chi connectivity index (χ2n) is 3.78. The number of nitrogens with zero attached hydrogens (tertiary/aromatic N) is 2. The van der Waals surface area contributed by atoms with Gasteiger partial charge in [0, 0.05) is 18.0 Å². The Balaban J connectivity index is 1.79. The summed E-state index contributed by atoms with van der Waals surface area (Å²) >= 11 is 0. The van der Waals surface area contributed by atoms with Crippen LogP contribution in [0, 0.1) is 0 Å². The molecule has 2 aromatic rings. The van der Waals surface area contributed by atoms with Gasteiger partial charge < -0.3 is 10.5 Å². The average molecular weight is 229 g/mol. The first-order valence-electron chi connectivity index (χ1n) is 5.48. The summed E-state index contributed by atoms with van der Waals surface area (Å²) in [4.78, 5) is 7.85. The van der Waals surface area contributed by atoms with Crippen LogP contribution < -0.4 is 5.73 Å². The predicted molar refractivity (Wildman–Crippen MR) is 65.1 cm³/mol. The number of hydrogen-bond donors (Lipinski definition) is 1. The molecule has 0 spiro atoms. The van der Waals surface area contributed by atoms with Crippen LogP contribution in [0.25, 0.3) is 0 Å². The van der Waals surface area contributed by atoms with Crippen LogP contribution in [0.3, 0.4) is 0 Å². The van der Waals surface area contributed by atoms with Gasteiger partial charge in [-0.3, -0.25) is 0 Å². The zero-order chi connectivity index (χ0) is 11.9. The lowest BCUT2D eigenvalue weighted by Crippen LogP contribution is -2.17. The van der Waals surface area contributed by atoms with Gasteiger partial charge in [0.2, 0.25) is 0 Å². The van der Waals surface area contributed by atoms with Crippen LogP contribution in [0.4, 0.5) is 0 Å². The molecule has 1 atom stereocenters. The number of rotatable bonds is 5. The number of hydrogen-bond acceptors (Lipinski definition) is 4. The highest BCUT2D eigenvalue weighted by Gasteiger charge is 2.06. The second kappa shape index (κ2) is 6.08. The lowest BCUT2D eigenvalue weighted by atomic mass is 10.2. The van der Waals surface area contributed by atoms with Crippen molar-refractivity contribution in [2.45, 2.75) is 12.6 Å². The first kappa shape index (κ1) is 11.7. The highest BCUT2D eigenvalue weighted by atomic mass is 16.5. The van der Waals surface area contributed by atoms with Crippen molar-refractivity contribution in [3.63, 3.8) is 0 Å². The second-order valence-corrected chi connectivity index (χ2v) is 3.78. The van der Waals surface area contributed by atoms with E-state index in [4.69, 9.17) is 10.5 Å². The lowest BCUT2D eigenvalue weighted by molar-refractivity contribution is 0.108. The first-order chi connectivity index (χ1) is 8.36. The molecular weight excluding hydrogens is 214 g/mol. The van der Waals surface area contributed by atoms with Crippen molar-refractivity contribution < 1.29 is 4.74 Å². The largest absolute Gasteiger partial charge is 0.375 e. The maximum Gasteiger partial charge on any atom is 0.115 e. The zero-order valence-corrected chi connectivity index (χ0v) is 9.49. The van der Waals surface area contributed by atoms with Gasteiger partial charge in [0.15, 0.2) is 0 Å². The van der Waals surface area contributed by atoms with E-state index >= 15 is 0 Å². The van der Waals surface area contributed by atoms with Crippen LogP contribution in [0.2, 0.25) is 0 Å². The van der Waals surface area contributed by atoms with Crippen molar-refractivity contribution in [3.05, 3.63) is 60.2 Å². The molecular formula is C13H15N3O. The highest BCUT2D eigenvalue weighted by molar-refractivity contribution is 5.13. The Bertz CT molecular complexity index is 433. The van der Waals surface area contributed by atoms with Crippen molar-refractivity contribution in [3.8, 4) is 0 Å². The van der Waals surface area contributed by atoms with E-state index in [2.05, 4.69) is 9.97 Å². The summed E-state index contributed by atoms with van der Waals surface area (Å²) in [6.07, 6.45) is 4.91. The molecule has 0 aliphatic carbocycles. The zero-order valence-electron chi connectivity index (χ0n) is 9.49. The summed E-state index contributed by atoms with van der Waals surface area (Å²) in [5.74, 6) is 0. The SMILES string of the molecule is NC(COCc1ccccc1)c1cncnc1. The molecule has 1 aromatic carbocycles. The maximum atomic E-state index is 5.95. The van der Waals surface area contributed by atoms with E-state index in [-0.39, 0.29) is 6.04 Å². The minimum absolute atomic E-state index is 0.181. The van der Waals surface area contributed by atoms with Crippen LogP contribution in [0.1, 0.15) is 17.2 Å². The predicted octanol–water partition coefficient (Wildman–Crippen LogP) is 1.69. The third kappa shape index (κ3) is 3.62. The smallest absolute Gasteiger partial charge is 0.115 e. The van der Waals surface area contributed by atoms with Crippen LogP contribution in [-0.4, -0.2) is 16.6 Å². The van der Waals surface area contributed by atoms with Gasteiger partial charge in [-0.1, -0.05) is 30.3 Å². The fourth-order valence-electron chi connectivity index (χ4n) is 1.48. The summed E-state index contributed by atoms with van der Waals surface area (Å²) in [6.45, 7) is 1.03. The van der Waals surface area contributed by atoms with Gasteiger partial charge in [-0.15, -0.1) is 0 Å². The Morgan fingerprint density at radius 2 is 1.82 bits per heavy atom. The van der Waals surface area contributed by atoms with Crippen LogP contribution in [0.15, 0.2) is 49.1 Å². The van der Waals surface area contributed by atoms with Crippen LogP contribution in [0.5, 0.6) is 0 Å². The molecule has 17 heavy (non-hydrogen) atoms. The molecule has 0 fully saturated rings. The molecule has 2 rings (SSSR count). The van der Waals surface area contributed by atoms with Crippen molar-refractivity contribution in [1.82, 2.24) is 9.97 Å². The fraction of sp³-hybridized carbons (Fsp3) is 0.231. The first-order valence-corrected chi connectivity index (χ1v) is 5.48. The number of benzene rings is 1. The van der Waals surface area contributed by atoms with Gasteiger partial charge in [0.25, 0.3) is 0 Å².